The molecule has 3 heterocycles. The molecule has 3 atom stereocenters. The Balaban J connectivity index is 1.51. The van der Waals surface area contributed by atoms with Crippen molar-refractivity contribution in [1.82, 2.24) is 14.8 Å². The number of carbonyl (C=O) groups is 2. The van der Waals surface area contributed by atoms with Gasteiger partial charge in [-0.25, -0.2) is 0 Å². The largest absolute Gasteiger partial charge is 0.467 e. The molecule has 8 nitrogen and oxygen atoms in total. The van der Waals surface area contributed by atoms with Crippen LogP contribution in [0.1, 0.15) is 50.2 Å². The highest BCUT2D eigenvalue weighted by Gasteiger charge is 2.28. The van der Waals surface area contributed by atoms with E-state index >= 15 is 0 Å². The number of nitrogens with zero attached hydrogens (tertiary/aromatic N) is 4. The average Bonchev–Trinajstić information content (AvgIpc) is 3.44. The lowest BCUT2D eigenvalue weighted by Gasteiger charge is -2.35. The van der Waals surface area contributed by atoms with Crippen LogP contribution in [0.15, 0.2) is 52.2 Å². The molecule has 1 fully saturated rings. The number of hydrogen-bond donors (Lipinski definition) is 1. The van der Waals surface area contributed by atoms with Crippen LogP contribution in [0.3, 0.4) is 0 Å². The van der Waals surface area contributed by atoms with Crippen molar-refractivity contribution in [2.75, 3.05) is 23.3 Å². The standard InChI is InChI=1S/C25H31N5O3S/c1-16-12-17(2)14-29(13-16)24-27-28-25(30(24)15-22-6-5-11-33-22)34-19(4)23(32)26-21-9-7-20(8-10-21)18(3)31/h5-11,16-17,19H,12-15H2,1-4H3,(H,26,32). The molecule has 0 radical (unpaired) electrons. The summed E-state index contributed by atoms with van der Waals surface area (Å²) in [5.74, 6) is 2.62. The van der Waals surface area contributed by atoms with Crippen molar-refractivity contribution in [2.45, 2.75) is 51.1 Å². The Kier molecular flexibility index (Phi) is 7.41. The number of piperidine rings is 1. The molecule has 1 aromatic carbocycles. The lowest BCUT2D eigenvalue weighted by atomic mass is 9.92. The van der Waals surface area contributed by atoms with Gasteiger partial charge in [0.25, 0.3) is 0 Å². The quantitative estimate of drug-likeness (QED) is 0.367. The van der Waals surface area contributed by atoms with Gasteiger partial charge in [0, 0.05) is 24.3 Å². The number of Topliss-reactive ketones (excluding diaryl/α,β-unsaturated/α-hetero) is 1. The number of ketones is 1. The molecule has 0 spiro atoms. The van der Waals surface area contributed by atoms with Crippen LogP contribution in [-0.2, 0) is 11.3 Å². The number of furan rings is 1. The molecule has 0 aliphatic carbocycles. The summed E-state index contributed by atoms with van der Waals surface area (Å²) >= 11 is 1.37. The number of amides is 1. The van der Waals surface area contributed by atoms with E-state index in [-0.39, 0.29) is 11.7 Å². The molecular formula is C25H31N5O3S. The highest BCUT2D eigenvalue weighted by Crippen LogP contribution is 2.31. The Labute approximate surface area is 204 Å². The Bertz CT molecular complexity index is 1120. The van der Waals surface area contributed by atoms with Gasteiger partial charge in [-0.3, -0.25) is 14.2 Å². The third-order valence-electron chi connectivity index (χ3n) is 5.95. The van der Waals surface area contributed by atoms with Crippen molar-refractivity contribution in [3.05, 3.63) is 54.0 Å². The molecule has 4 rings (SSSR count). The fourth-order valence-corrected chi connectivity index (χ4v) is 5.21. The zero-order chi connectivity index (χ0) is 24.2. The van der Waals surface area contributed by atoms with E-state index in [2.05, 4.69) is 34.3 Å². The van der Waals surface area contributed by atoms with Crippen LogP contribution in [0, 0.1) is 11.8 Å². The monoisotopic (exact) mass is 481 g/mol. The Morgan fingerprint density at radius 1 is 1.15 bits per heavy atom. The van der Waals surface area contributed by atoms with Gasteiger partial charge < -0.3 is 14.6 Å². The maximum atomic E-state index is 12.9. The molecule has 1 aliphatic rings. The summed E-state index contributed by atoms with van der Waals surface area (Å²) in [5, 5.41) is 12.2. The van der Waals surface area contributed by atoms with Crippen LogP contribution in [-0.4, -0.2) is 44.8 Å². The third kappa shape index (κ3) is 5.70. The number of anilines is 2. The summed E-state index contributed by atoms with van der Waals surface area (Å²) in [7, 11) is 0. The van der Waals surface area contributed by atoms with Crippen LogP contribution in [0.4, 0.5) is 11.6 Å². The fraction of sp³-hybridized carbons (Fsp3) is 0.440. The maximum absolute atomic E-state index is 12.9. The number of benzene rings is 1. The summed E-state index contributed by atoms with van der Waals surface area (Å²) in [6.07, 6.45) is 2.86. The first-order chi connectivity index (χ1) is 16.3. The minimum atomic E-state index is -0.404. The first-order valence-corrected chi connectivity index (χ1v) is 12.5. The minimum absolute atomic E-state index is 0.00834. The van der Waals surface area contributed by atoms with E-state index in [4.69, 9.17) is 4.42 Å². The summed E-state index contributed by atoms with van der Waals surface area (Å²) in [6.45, 7) is 10.2. The lowest BCUT2D eigenvalue weighted by Crippen LogP contribution is -2.40. The van der Waals surface area contributed by atoms with Gasteiger partial charge in [0.1, 0.15) is 5.76 Å². The van der Waals surface area contributed by atoms with Crippen molar-refractivity contribution < 1.29 is 14.0 Å². The van der Waals surface area contributed by atoms with Gasteiger partial charge in [-0.15, -0.1) is 10.2 Å². The van der Waals surface area contributed by atoms with Crippen LogP contribution in [0.2, 0.25) is 0 Å². The zero-order valence-electron chi connectivity index (χ0n) is 20.0. The number of carbonyl (C=O) groups excluding carboxylic acids is 2. The number of rotatable bonds is 8. The van der Waals surface area contributed by atoms with Gasteiger partial charge >= 0.3 is 0 Å². The number of aromatic nitrogens is 3. The molecule has 34 heavy (non-hydrogen) atoms. The molecule has 180 valence electrons. The second-order valence-electron chi connectivity index (χ2n) is 9.18. The van der Waals surface area contributed by atoms with E-state index < -0.39 is 5.25 Å². The summed E-state index contributed by atoms with van der Waals surface area (Å²) < 4.78 is 7.64. The molecule has 1 N–H and O–H groups in total. The predicted octanol–water partition coefficient (Wildman–Crippen LogP) is 4.72. The number of thioether (sulfide) groups is 1. The van der Waals surface area contributed by atoms with Gasteiger partial charge in [-0.2, -0.15) is 0 Å². The average molecular weight is 482 g/mol. The fourth-order valence-electron chi connectivity index (χ4n) is 4.37. The Morgan fingerprint density at radius 3 is 2.47 bits per heavy atom. The highest BCUT2D eigenvalue weighted by atomic mass is 32.2. The van der Waals surface area contributed by atoms with Crippen LogP contribution in [0.25, 0.3) is 0 Å². The first-order valence-electron chi connectivity index (χ1n) is 11.6. The molecule has 3 unspecified atom stereocenters. The summed E-state index contributed by atoms with van der Waals surface area (Å²) in [6, 6.07) is 10.7. The predicted molar refractivity (Wildman–Crippen MR) is 133 cm³/mol. The highest BCUT2D eigenvalue weighted by molar-refractivity contribution is 8.00. The van der Waals surface area contributed by atoms with Crippen LogP contribution < -0.4 is 10.2 Å². The summed E-state index contributed by atoms with van der Waals surface area (Å²) in [5.41, 5.74) is 1.26. The molecule has 9 heteroatoms. The number of nitrogens with one attached hydrogen (secondary N) is 1. The minimum Gasteiger partial charge on any atom is -0.467 e. The lowest BCUT2D eigenvalue weighted by molar-refractivity contribution is -0.115. The van der Waals surface area contributed by atoms with E-state index in [1.165, 1.54) is 25.1 Å². The Hall–Kier alpha value is -3.07. The second kappa shape index (κ2) is 10.5. The van der Waals surface area contributed by atoms with Gasteiger partial charge in [-0.05, 0) is 68.5 Å². The van der Waals surface area contributed by atoms with E-state index in [9.17, 15) is 9.59 Å². The third-order valence-corrected chi connectivity index (χ3v) is 7.03. The Morgan fingerprint density at radius 2 is 1.85 bits per heavy atom. The van der Waals surface area contributed by atoms with Crippen molar-refractivity contribution in [2.24, 2.45) is 11.8 Å². The van der Waals surface area contributed by atoms with Crippen molar-refractivity contribution in [1.29, 1.82) is 0 Å². The molecule has 1 saturated heterocycles. The van der Waals surface area contributed by atoms with Gasteiger partial charge in [0.15, 0.2) is 10.9 Å². The first kappa shape index (κ1) is 24.1. The molecular weight excluding hydrogens is 450 g/mol. The molecule has 0 saturated carbocycles. The molecule has 1 aliphatic heterocycles. The van der Waals surface area contributed by atoms with Crippen LogP contribution >= 0.6 is 11.8 Å². The SMILES string of the molecule is CC(=O)c1ccc(NC(=O)C(C)Sc2nnc(N3CC(C)CC(C)C3)n2Cc2ccco2)cc1. The number of hydrogen-bond acceptors (Lipinski definition) is 7. The zero-order valence-corrected chi connectivity index (χ0v) is 20.8. The van der Waals surface area contributed by atoms with Gasteiger partial charge in [0.2, 0.25) is 11.9 Å². The molecule has 2 aromatic heterocycles. The van der Waals surface area contributed by atoms with Crippen molar-refractivity contribution >= 4 is 35.1 Å². The summed E-state index contributed by atoms with van der Waals surface area (Å²) in [4.78, 5) is 26.6. The molecule has 1 amide bonds. The topological polar surface area (TPSA) is 93.3 Å². The van der Waals surface area contributed by atoms with E-state index in [0.717, 1.165) is 24.8 Å². The normalized spacial score (nSPS) is 19.1. The van der Waals surface area contributed by atoms with Gasteiger partial charge in [0.05, 0.1) is 18.1 Å². The van der Waals surface area contributed by atoms with Gasteiger partial charge in [-0.1, -0.05) is 25.6 Å². The van der Waals surface area contributed by atoms with Crippen molar-refractivity contribution in [3.8, 4) is 0 Å². The van der Waals surface area contributed by atoms with E-state index in [1.807, 2.05) is 23.6 Å². The van der Waals surface area contributed by atoms with E-state index in [1.54, 1.807) is 30.5 Å². The van der Waals surface area contributed by atoms with Crippen LogP contribution in [0.5, 0.6) is 0 Å². The maximum Gasteiger partial charge on any atom is 0.237 e. The smallest absolute Gasteiger partial charge is 0.237 e. The second-order valence-corrected chi connectivity index (χ2v) is 10.5. The molecule has 3 aromatic rings. The van der Waals surface area contributed by atoms with Crippen molar-refractivity contribution in [3.63, 3.8) is 0 Å². The van der Waals surface area contributed by atoms with E-state index in [0.29, 0.717) is 34.8 Å². The molecule has 0 bridgehead atoms.